The molecule has 0 aliphatic heterocycles. The smallest absolute Gasteiger partial charge is 0.319 e. The molecule has 8 heteroatoms. The van der Waals surface area contributed by atoms with Crippen LogP contribution in [0.2, 0.25) is 0 Å². The van der Waals surface area contributed by atoms with Crippen molar-refractivity contribution in [2.75, 3.05) is 32.5 Å². The average molecular weight is 394 g/mol. The Bertz CT molecular complexity index is 881. The van der Waals surface area contributed by atoms with Crippen LogP contribution in [0.15, 0.2) is 67.1 Å². The molecule has 1 aromatic carbocycles. The molecular weight excluding hydrogens is 368 g/mol. The number of pyridine rings is 1. The molecule has 0 bridgehead atoms. The number of hydrogen-bond donors (Lipinski definition) is 3. The topological polar surface area (TPSA) is 95.3 Å². The van der Waals surface area contributed by atoms with Crippen LogP contribution in [0.3, 0.4) is 0 Å². The second-order valence-electron chi connectivity index (χ2n) is 7.07. The lowest BCUT2D eigenvalue weighted by Gasteiger charge is -2.26. The van der Waals surface area contributed by atoms with Gasteiger partial charge in [-0.1, -0.05) is 30.3 Å². The summed E-state index contributed by atoms with van der Waals surface area (Å²) in [4.78, 5) is 18.6. The van der Waals surface area contributed by atoms with Gasteiger partial charge in [0.05, 0.1) is 18.0 Å². The van der Waals surface area contributed by atoms with E-state index in [4.69, 9.17) is 0 Å². The van der Waals surface area contributed by atoms with Gasteiger partial charge in [0.15, 0.2) is 5.82 Å². The number of aromatic nitrogens is 3. The first-order valence-electron chi connectivity index (χ1n) is 9.41. The molecule has 0 aliphatic carbocycles. The Hall–Kier alpha value is -3.23. The maximum absolute atomic E-state index is 12.3. The molecule has 8 nitrogen and oxygen atoms in total. The molecule has 2 amide bonds. The van der Waals surface area contributed by atoms with Crippen molar-refractivity contribution in [1.82, 2.24) is 25.0 Å². The van der Waals surface area contributed by atoms with Gasteiger partial charge in [0, 0.05) is 31.4 Å². The van der Waals surface area contributed by atoms with E-state index in [-0.39, 0.29) is 11.9 Å². The Morgan fingerprint density at radius 3 is 2.59 bits per heavy atom. The number of aliphatic hydroxyl groups excluding tert-OH is 1. The Morgan fingerprint density at radius 2 is 1.97 bits per heavy atom. The average Bonchev–Trinajstić information content (AvgIpc) is 3.26. The third-order valence-corrected chi connectivity index (χ3v) is 4.46. The van der Waals surface area contributed by atoms with Crippen molar-refractivity contribution >= 4 is 11.7 Å². The third-order valence-electron chi connectivity index (χ3n) is 4.46. The zero-order valence-corrected chi connectivity index (χ0v) is 16.6. The highest BCUT2D eigenvalue weighted by Crippen LogP contribution is 2.22. The molecule has 0 unspecified atom stereocenters. The maximum atomic E-state index is 12.3. The van der Waals surface area contributed by atoms with Crippen LogP contribution >= 0.6 is 0 Å². The fourth-order valence-corrected chi connectivity index (χ4v) is 3.07. The van der Waals surface area contributed by atoms with Crippen molar-refractivity contribution in [3.63, 3.8) is 0 Å². The predicted molar refractivity (Wildman–Crippen MR) is 112 cm³/mol. The molecule has 2 heterocycles. The van der Waals surface area contributed by atoms with E-state index in [0.29, 0.717) is 24.6 Å². The van der Waals surface area contributed by atoms with Gasteiger partial charge in [0.25, 0.3) is 0 Å². The van der Waals surface area contributed by atoms with E-state index in [1.165, 1.54) is 0 Å². The summed E-state index contributed by atoms with van der Waals surface area (Å²) in [6, 6.07) is 14.5. The quantitative estimate of drug-likeness (QED) is 0.545. The number of rotatable bonds is 8. The van der Waals surface area contributed by atoms with Crippen molar-refractivity contribution in [1.29, 1.82) is 0 Å². The van der Waals surface area contributed by atoms with Crippen LogP contribution in [-0.2, 0) is 0 Å². The van der Waals surface area contributed by atoms with E-state index in [9.17, 15) is 9.90 Å². The number of hydrogen-bond acceptors (Lipinski definition) is 5. The standard InChI is InChI=1S/C21H26N6O2/c1-26(2)15-17(20(28)16-7-4-3-5-8-16)13-23-21(29)25-18-9-10-19(22-14-18)27-12-6-11-24-27/h3-12,14,17,20,28H,13,15H2,1-2H3,(H2,23,25,29)/t17-,20+/m0/s1. The van der Waals surface area contributed by atoms with Gasteiger partial charge in [-0.15, -0.1) is 0 Å². The van der Waals surface area contributed by atoms with Crippen LogP contribution in [0.4, 0.5) is 10.5 Å². The monoisotopic (exact) mass is 394 g/mol. The van der Waals surface area contributed by atoms with Gasteiger partial charge < -0.3 is 20.6 Å². The minimum absolute atomic E-state index is 0.154. The van der Waals surface area contributed by atoms with Gasteiger partial charge in [0.2, 0.25) is 0 Å². The number of benzene rings is 1. The van der Waals surface area contributed by atoms with Crippen LogP contribution in [-0.4, -0.2) is 58.0 Å². The fourth-order valence-electron chi connectivity index (χ4n) is 3.07. The number of anilines is 1. The molecule has 3 rings (SSSR count). The molecule has 0 saturated carbocycles. The Kier molecular flexibility index (Phi) is 6.94. The second kappa shape index (κ2) is 9.81. The van der Waals surface area contributed by atoms with Crippen LogP contribution in [0.1, 0.15) is 11.7 Å². The van der Waals surface area contributed by atoms with Crippen LogP contribution in [0.5, 0.6) is 0 Å². The number of urea groups is 1. The summed E-state index contributed by atoms with van der Waals surface area (Å²) < 4.78 is 1.64. The molecule has 0 radical (unpaired) electrons. The van der Waals surface area contributed by atoms with Crippen molar-refractivity contribution in [3.05, 3.63) is 72.7 Å². The lowest BCUT2D eigenvalue weighted by atomic mass is 9.95. The highest BCUT2D eigenvalue weighted by Gasteiger charge is 2.22. The molecule has 3 N–H and O–H groups in total. The summed E-state index contributed by atoms with van der Waals surface area (Å²) in [5.74, 6) is 0.511. The lowest BCUT2D eigenvalue weighted by Crippen LogP contribution is -2.39. The zero-order chi connectivity index (χ0) is 20.6. The van der Waals surface area contributed by atoms with Crippen LogP contribution in [0.25, 0.3) is 5.82 Å². The molecule has 0 fully saturated rings. The summed E-state index contributed by atoms with van der Waals surface area (Å²) in [6.07, 6.45) is 4.38. The first-order valence-corrected chi connectivity index (χ1v) is 9.41. The van der Waals surface area contributed by atoms with Crippen LogP contribution < -0.4 is 10.6 Å². The Morgan fingerprint density at radius 1 is 1.17 bits per heavy atom. The van der Waals surface area contributed by atoms with Gasteiger partial charge in [0.1, 0.15) is 0 Å². The van der Waals surface area contributed by atoms with Gasteiger partial charge in [-0.05, 0) is 37.9 Å². The first-order chi connectivity index (χ1) is 14.0. The van der Waals surface area contributed by atoms with Crippen molar-refractivity contribution in [2.24, 2.45) is 5.92 Å². The molecule has 3 aromatic rings. The molecular formula is C21H26N6O2. The van der Waals surface area contributed by atoms with E-state index in [0.717, 1.165) is 5.56 Å². The third kappa shape index (κ3) is 5.87. The summed E-state index contributed by atoms with van der Waals surface area (Å²) in [7, 11) is 3.88. The largest absolute Gasteiger partial charge is 0.388 e. The molecule has 0 saturated heterocycles. The molecule has 0 aliphatic rings. The summed E-state index contributed by atoms with van der Waals surface area (Å²) >= 11 is 0. The summed E-state index contributed by atoms with van der Waals surface area (Å²) in [5.41, 5.74) is 1.41. The summed E-state index contributed by atoms with van der Waals surface area (Å²) in [5, 5.41) is 20.5. The molecule has 2 aromatic heterocycles. The van der Waals surface area contributed by atoms with E-state index >= 15 is 0 Å². The Labute approximate surface area is 170 Å². The highest BCUT2D eigenvalue weighted by molar-refractivity contribution is 5.89. The van der Waals surface area contributed by atoms with E-state index in [1.807, 2.05) is 55.4 Å². The number of nitrogens with one attached hydrogen (secondary N) is 2. The van der Waals surface area contributed by atoms with Gasteiger partial charge in [-0.2, -0.15) is 5.10 Å². The molecule has 152 valence electrons. The van der Waals surface area contributed by atoms with E-state index < -0.39 is 6.10 Å². The van der Waals surface area contributed by atoms with E-state index in [2.05, 4.69) is 20.7 Å². The number of carbonyl (C=O) groups is 1. The highest BCUT2D eigenvalue weighted by atomic mass is 16.3. The molecule has 2 atom stereocenters. The number of aliphatic hydroxyl groups is 1. The second-order valence-corrected chi connectivity index (χ2v) is 7.07. The van der Waals surface area contributed by atoms with Crippen LogP contribution in [0, 0.1) is 5.92 Å². The zero-order valence-electron chi connectivity index (χ0n) is 16.6. The molecule has 29 heavy (non-hydrogen) atoms. The fraction of sp³-hybridized carbons (Fsp3) is 0.286. The first kappa shape index (κ1) is 20.5. The predicted octanol–water partition coefficient (Wildman–Crippen LogP) is 2.30. The lowest BCUT2D eigenvalue weighted by molar-refractivity contribution is 0.0911. The maximum Gasteiger partial charge on any atom is 0.319 e. The van der Waals surface area contributed by atoms with Gasteiger partial charge in [-0.25, -0.2) is 14.5 Å². The van der Waals surface area contributed by atoms with Gasteiger partial charge in [-0.3, -0.25) is 0 Å². The van der Waals surface area contributed by atoms with E-state index in [1.54, 1.807) is 35.4 Å². The summed E-state index contributed by atoms with van der Waals surface area (Å²) in [6.45, 7) is 0.968. The normalized spacial score (nSPS) is 13.1. The van der Waals surface area contributed by atoms with Gasteiger partial charge >= 0.3 is 6.03 Å². The number of carbonyl (C=O) groups excluding carboxylic acids is 1. The number of nitrogens with zero attached hydrogens (tertiary/aromatic N) is 4. The van der Waals surface area contributed by atoms with Crippen molar-refractivity contribution < 1.29 is 9.90 Å². The van der Waals surface area contributed by atoms with Crippen molar-refractivity contribution in [2.45, 2.75) is 6.10 Å². The Balaban J connectivity index is 1.56. The number of amides is 2. The minimum atomic E-state index is -0.672. The van der Waals surface area contributed by atoms with Crippen molar-refractivity contribution in [3.8, 4) is 5.82 Å². The minimum Gasteiger partial charge on any atom is -0.388 e. The SMILES string of the molecule is CN(C)C[C@H](CNC(=O)Nc1ccc(-n2cccn2)nc1)[C@H](O)c1ccccc1. The molecule has 0 spiro atoms.